The van der Waals surface area contributed by atoms with Crippen molar-refractivity contribution in [1.29, 1.82) is 5.26 Å². The summed E-state index contributed by atoms with van der Waals surface area (Å²) in [6, 6.07) is 15.7. The quantitative estimate of drug-likeness (QED) is 0.541. The number of rotatable bonds is 3. The predicted octanol–water partition coefficient (Wildman–Crippen LogP) is 3.72. The number of nitrogen functional groups attached to an aromatic ring is 1. The molecule has 0 fully saturated rings. The number of pyridine rings is 2. The molecule has 1 aliphatic rings. The molecule has 148 valence electrons. The van der Waals surface area contributed by atoms with E-state index in [1.54, 1.807) is 10.9 Å². The highest BCUT2D eigenvalue weighted by Crippen LogP contribution is 2.30. The third kappa shape index (κ3) is 3.11. The third-order valence-corrected chi connectivity index (χ3v) is 5.21. The molecule has 4 heterocycles. The molecule has 8 nitrogen and oxygen atoms in total. The first-order chi connectivity index (χ1) is 14.6. The maximum absolute atomic E-state index is 9.28. The van der Waals surface area contributed by atoms with Crippen molar-refractivity contribution >= 4 is 28.2 Å². The summed E-state index contributed by atoms with van der Waals surface area (Å²) >= 11 is 0. The molecule has 0 radical (unpaired) electrons. The summed E-state index contributed by atoms with van der Waals surface area (Å²) < 4.78 is 7.15. The Balaban J connectivity index is 1.51. The normalized spacial score (nSPS) is 15.5. The fourth-order valence-electron chi connectivity index (χ4n) is 3.68. The molecule has 0 saturated heterocycles. The number of ether oxygens (including phenoxy) is 1. The third-order valence-electron chi connectivity index (χ3n) is 5.21. The molecule has 8 heteroatoms. The minimum absolute atomic E-state index is 0.340. The van der Waals surface area contributed by atoms with Gasteiger partial charge in [0, 0.05) is 23.2 Å². The molecule has 1 atom stereocenters. The molecule has 5 rings (SSSR count). The summed E-state index contributed by atoms with van der Waals surface area (Å²) in [5, 5.41) is 18.7. The Labute approximate surface area is 172 Å². The van der Waals surface area contributed by atoms with Gasteiger partial charge in [0.05, 0.1) is 30.7 Å². The molecule has 0 saturated carbocycles. The van der Waals surface area contributed by atoms with Crippen LogP contribution in [0.3, 0.4) is 0 Å². The van der Waals surface area contributed by atoms with Crippen LogP contribution in [0.4, 0.5) is 17.5 Å². The monoisotopic (exact) mass is 397 g/mol. The van der Waals surface area contributed by atoms with Gasteiger partial charge >= 0.3 is 0 Å². The molecule has 30 heavy (non-hydrogen) atoms. The first kappa shape index (κ1) is 18.1. The van der Waals surface area contributed by atoms with Crippen LogP contribution in [0.5, 0.6) is 0 Å². The number of nitriles is 1. The van der Waals surface area contributed by atoms with E-state index in [4.69, 9.17) is 10.5 Å². The van der Waals surface area contributed by atoms with Gasteiger partial charge in [0.25, 0.3) is 0 Å². The van der Waals surface area contributed by atoms with E-state index in [2.05, 4.69) is 39.4 Å². The molecular formula is C22H19N7O. The number of hydrogen-bond donors (Lipinski definition) is 2. The van der Waals surface area contributed by atoms with E-state index in [1.807, 2.05) is 36.4 Å². The van der Waals surface area contributed by atoms with Gasteiger partial charge in [-0.05, 0) is 30.0 Å². The maximum atomic E-state index is 9.28. The van der Waals surface area contributed by atoms with E-state index in [-0.39, 0.29) is 0 Å². The van der Waals surface area contributed by atoms with Crippen molar-refractivity contribution in [2.24, 2.45) is 0 Å². The zero-order chi connectivity index (χ0) is 20.7. The molecule has 3 aromatic heterocycles. The second kappa shape index (κ2) is 7.13. The second-order valence-corrected chi connectivity index (χ2v) is 7.25. The number of nitrogens with zero attached hydrogens (tertiary/aromatic N) is 5. The SMILES string of the molecule is Cc1ccccc1-c1cc2cc(Nc3cc4n(n3)[C@@H](C#N)COC4)ncc2c(N)n1. The molecule has 0 bridgehead atoms. The van der Waals surface area contributed by atoms with Crippen molar-refractivity contribution in [3.05, 3.63) is 59.9 Å². The van der Waals surface area contributed by atoms with Gasteiger partial charge < -0.3 is 15.8 Å². The summed E-state index contributed by atoms with van der Waals surface area (Å²) in [5.41, 5.74) is 10.1. The zero-order valence-electron chi connectivity index (χ0n) is 16.3. The molecule has 0 spiro atoms. The van der Waals surface area contributed by atoms with Gasteiger partial charge in [0.15, 0.2) is 11.9 Å². The lowest BCUT2D eigenvalue weighted by Crippen LogP contribution is -2.23. The standard InChI is InChI=1S/C22H19N7O/c1-13-4-2-3-5-17(13)19-6-14-7-20(25-10-18(14)22(24)26-19)27-21-8-15-11-30-12-16(9-23)29(15)28-21/h2-8,10,16H,11-12H2,1H3,(H2,24,26)(H,25,27,28)/t16-/m0/s1. The van der Waals surface area contributed by atoms with E-state index in [0.717, 1.165) is 33.3 Å². The minimum atomic E-state index is -0.420. The smallest absolute Gasteiger partial charge is 0.162 e. The van der Waals surface area contributed by atoms with Gasteiger partial charge in [-0.3, -0.25) is 0 Å². The van der Waals surface area contributed by atoms with Crippen LogP contribution in [0.2, 0.25) is 0 Å². The summed E-state index contributed by atoms with van der Waals surface area (Å²) in [6.07, 6.45) is 1.71. The average Bonchev–Trinajstić information content (AvgIpc) is 3.16. The van der Waals surface area contributed by atoms with Crippen molar-refractivity contribution in [3.63, 3.8) is 0 Å². The number of hydrogen-bond acceptors (Lipinski definition) is 7. The van der Waals surface area contributed by atoms with Gasteiger partial charge in [-0.25, -0.2) is 14.6 Å². The number of benzene rings is 1. The van der Waals surface area contributed by atoms with E-state index in [9.17, 15) is 5.26 Å². The Hall–Kier alpha value is -3.96. The summed E-state index contributed by atoms with van der Waals surface area (Å²) in [4.78, 5) is 9.02. The highest BCUT2D eigenvalue weighted by atomic mass is 16.5. The highest BCUT2D eigenvalue weighted by molar-refractivity contribution is 5.94. The van der Waals surface area contributed by atoms with Crippen molar-refractivity contribution in [2.75, 3.05) is 17.7 Å². The summed E-state index contributed by atoms with van der Waals surface area (Å²) in [5.74, 6) is 1.69. The van der Waals surface area contributed by atoms with Crippen LogP contribution in [0.1, 0.15) is 17.3 Å². The van der Waals surface area contributed by atoms with Crippen LogP contribution in [0, 0.1) is 18.3 Å². The minimum Gasteiger partial charge on any atom is -0.383 e. The molecule has 0 unspecified atom stereocenters. The van der Waals surface area contributed by atoms with Crippen LogP contribution in [0.25, 0.3) is 22.0 Å². The van der Waals surface area contributed by atoms with Crippen LogP contribution in [-0.2, 0) is 11.3 Å². The van der Waals surface area contributed by atoms with E-state index in [0.29, 0.717) is 30.7 Å². The van der Waals surface area contributed by atoms with E-state index in [1.165, 1.54) is 0 Å². The predicted molar refractivity (Wildman–Crippen MR) is 114 cm³/mol. The molecule has 1 aliphatic heterocycles. The van der Waals surface area contributed by atoms with Crippen LogP contribution < -0.4 is 11.1 Å². The zero-order valence-corrected chi connectivity index (χ0v) is 16.3. The lowest BCUT2D eigenvalue weighted by atomic mass is 10.0. The Morgan fingerprint density at radius 1 is 1.23 bits per heavy atom. The number of aromatic nitrogens is 4. The van der Waals surface area contributed by atoms with Crippen LogP contribution in [0.15, 0.2) is 48.7 Å². The fourth-order valence-corrected chi connectivity index (χ4v) is 3.68. The number of anilines is 3. The topological polar surface area (TPSA) is 115 Å². The lowest BCUT2D eigenvalue weighted by Gasteiger charge is -2.18. The number of nitrogens with one attached hydrogen (secondary N) is 1. The van der Waals surface area contributed by atoms with Crippen molar-refractivity contribution in [3.8, 4) is 17.3 Å². The highest BCUT2D eigenvalue weighted by Gasteiger charge is 2.22. The first-order valence-electron chi connectivity index (χ1n) is 9.57. The summed E-state index contributed by atoms with van der Waals surface area (Å²) in [6.45, 7) is 2.82. The van der Waals surface area contributed by atoms with Gasteiger partial charge in [0.2, 0.25) is 0 Å². The lowest BCUT2D eigenvalue weighted by molar-refractivity contribution is 0.0681. The van der Waals surface area contributed by atoms with E-state index >= 15 is 0 Å². The van der Waals surface area contributed by atoms with E-state index < -0.39 is 6.04 Å². The van der Waals surface area contributed by atoms with Gasteiger partial charge in [-0.1, -0.05) is 24.3 Å². The van der Waals surface area contributed by atoms with Gasteiger partial charge in [0.1, 0.15) is 11.6 Å². The number of aryl methyl sites for hydroxylation is 1. The van der Waals surface area contributed by atoms with Crippen LogP contribution >= 0.6 is 0 Å². The number of fused-ring (bicyclic) bond motifs is 2. The first-order valence-corrected chi connectivity index (χ1v) is 9.57. The Bertz CT molecular complexity index is 1300. The molecule has 0 aliphatic carbocycles. The second-order valence-electron chi connectivity index (χ2n) is 7.25. The Kier molecular flexibility index (Phi) is 4.30. The molecule has 4 aromatic rings. The fraction of sp³-hybridized carbons (Fsp3) is 0.182. The largest absolute Gasteiger partial charge is 0.383 e. The van der Waals surface area contributed by atoms with Gasteiger partial charge in [-0.15, -0.1) is 0 Å². The molecule has 0 amide bonds. The van der Waals surface area contributed by atoms with Gasteiger partial charge in [-0.2, -0.15) is 10.4 Å². The maximum Gasteiger partial charge on any atom is 0.162 e. The molecule has 3 N–H and O–H groups in total. The summed E-state index contributed by atoms with van der Waals surface area (Å²) in [7, 11) is 0. The Morgan fingerprint density at radius 3 is 2.93 bits per heavy atom. The van der Waals surface area contributed by atoms with Crippen molar-refractivity contribution in [2.45, 2.75) is 19.6 Å². The Morgan fingerprint density at radius 2 is 2.10 bits per heavy atom. The molecular weight excluding hydrogens is 378 g/mol. The van der Waals surface area contributed by atoms with Crippen molar-refractivity contribution in [1.82, 2.24) is 19.7 Å². The van der Waals surface area contributed by atoms with Crippen LogP contribution in [-0.4, -0.2) is 26.4 Å². The van der Waals surface area contributed by atoms with Crippen molar-refractivity contribution < 1.29 is 4.74 Å². The average molecular weight is 397 g/mol. The molecule has 1 aromatic carbocycles. The number of nitrogens with two attached hydrogens (primary N) is 1.